The normalized spacial score (nSPS) is 13.5. The maximum atomic E-state index is 13.2. The van der Waals surface area contributed by atoms with Crippen molar-refractivity contribution in [3.63, 3.8) is 0 Å². The number of imide groups is 1. The van der Waals surface area contributed by atoms with Crippen molar-refractivity contribution in [2.24, 2.45) is 11.8 Å². The number of ether oxygens (including phenoxy) is 2. The zero-order valence-corrected chi connectivity index (χ0v) is 25.0. The van der Waals surface area contributed by atoms with Gasteiger partial charge in [-0.05, 0) is 42.5 Å². The molecule has 0 saturated carbocycles. The lowest BCUT2D eigenvalue weighted by Crippen LogP contribution is -2.47. The van der Waals surface area contributed by atoms with Gasteiger partial charge in [-0.1, -0.05) is 74.1 Å². The first kappa shape index (κ1) is 31.7. The smallest absolute Gasteiger partial charge is 0.338 e. The molecule has 214 valence electrons. The third-order valence-electron chi connectivity index (χ3n) is 5.71. The number of amides is 3. The highest BCUT2D eigenvalue weighted by Gasteiger charge is 2.47. The number of hydrogen-bond donors (Lipinski definition) is 1. The predicted octanol–water partition coefficient (Wildman–Crippen LogP) is 6.31. The summed E-state index contributed by atoms with van der Waals surface area (Å²) in [7, 11) is 0. The fourth-order valence-corrected chi connectivity index (χ4v) is 4.86. The topological polar surface area (TPSA) is 119 Å². The molecule has 0 fully saturated rings. The van der Waals surface area contributed by atoms with Gasteiger partial charge in [0.2, 0.25) is 0 Å². The zero-order chi connectivity index (χ0) is 29.9. The second-order valence-corrected chi connectivity index (χ2v) is 11.4. The highest BCUT2D eigenvalue weighted by molar-refractivity contribution is 6.55. The van der Waals surface area contributed by atoms with Crippen LogP contribution in [0.15, 0.2) is 24.3 Å². The Balaban J connectivity index is 1.70. The zero-order valence-electron chi connectivity index (χ0n) is 22.0. The Morgan fingerprint density at radius 1 is 0.800 bits per heavy atom. The van der Waals surface area contributed by atoms with Gasteiger partial charge in [-0.3, -0.25) is 19.3 Å². The number of anilines is 1. The molecular weight excluding hydrogens is 606 g/mol. The number of carbonyl (C=O) groups is 5. The van der Waals surface area contributed by atoms with E-state index in [0.29, 0.717) is 16.2 Å². The fraction of sp³-hybridized carbons (Fsp3) is 0.370. The highest BCUT2D eigenvalue weighted by Crippen LogP contribution is 2.45. The summed E-state index contributed by atoms with van der Waals surface area (Å²) < 4.78 is 10.3. The van der Waals surface area contributed by atoms with E-state index in [1.807, 2.05) is 13.8 Å². The van der Waals surface area contributed by atoms with Gasteiger partial charge in [0.15, 0.2) is 6.61 Å². The molecule has 0 aliphatic carbocycles. The lowest BCUT2D eigenvalue weighted by Gasteiger charge is -2.26. The van der Waals surface area contributed by atoms with E-state index < -0.39 is 42.3 Å². The van der Waals surface area contributed by atoms with Crippen LogP contribution in [0.4, 0.5) is 5.69 Å². The van der Waals surface area contributed by atoms with Crippen molar-refractivity contribution >= 4 is 81.8 Å². The Kier molecular flexibility index (Phi) is 10.5. The molecular formula is C27H26Cl4N2O7. The van der Waals surface area contributed by atoms with Crippen molar-refractivity contribution in [1.82, 2.24) is 4.90 Å². The van der Waals surface area contributed by atoms with E-state index in [-0.39, 0.29) is 56.1 Å². The second kappa shape index (κ2) is 13.2. The minimum Gasteiger partial charge on any atom is -0.462 e. The van der Waals surface area contributed by atoms with E-state index in [1.165, 1.54) is 24.3 Å². The summed E-state index contributed by atoms with van der Waals surface area (Å²) >= 11 is 24.5. The third-order valence-corrected chi connectivity index (χ3v) is 7.51. The second-order valence-electron chi connectivity index (χ2n) is 9.86. The van der Waals surface area contributed by atoms with Crippen LogP contribution < -0.4 is 5.32 Å². The molecule has 0 saturated heterocycles. The molecule has 3 amide bonds. The molecule has 0 radical (unpaired) electrons. The number of hydrogen-bond acceptors (Lipinski definition) is 7. The molecule has 9 nitrogen and oxygen atoms in total. The first-order chi connectivity index (χ1) is 18.7. The Morgan fingerprint density at radius 2 is 1.32 bits per heavy atom. The molecule has 13 heteroatoms. The van der Waals surface area contributed by atoms with Crippen LogP contribution in [0.3, 0.4) is 0 Å². The molecule has 1 aliphatic rings. The molecule has 0 spiro atoms. The summed E-state index contributed by atoms with van der Waals surface area (Å²) in [5, 5.41) is 1.62. The van der Waals surface area contributed by atoms with Gasteiger partial charge in [-0.25, -0.2) is 9.59 Å². The van der Waals surface area contributed by atoms with Crippen molar-refractivity contribution in [2.45, 2.75) is 40.2 Å². The van der Waals surface area contributed by atoms with Crippen LogP contribution in [0.1, 0.15) is 65.2 Å². The number of esters is 2. The van der Waals surface area contributed by atoms with E-state index in [2.05, 4.69) is 5.32 Å². The fourth-order valence-electron chi connectivity index (χ4n) is 3.85. The summed E-state index contributed by atoms with van der Waals surface area (Å²) in [6.07, 6.45) is 0.0387. The lowest BCUT2D eigenvalue weighted by molar-refractivity contribution is -0.151. The van der Waals surface area contributed by atoms with Gasteiger partial charge in [0.25, 0.3) is 17.7 Å². The molecule has 0 unspecified atom stereocenters. The molecule has 1 atom stereocenters. The van der Waals surface area contributed by atoms with E-state index in [9.17, 15) is 24.0 Å². The van der Waals surface area contributed by atoms with Crippen LogP contribution in [0.2, 0.25) is 20.1 Å². The summed E-state index contributed by atoms with van der Waals surface area (Å²) in [5.41, 5.74) is 0.132. The number of carbonyl (C=O) groups excluding carboxylic acids is 5. The van der Waals surface area contributed by atoms with Crippen LogP contribution >= 0.6 is 46.4 Å². The number of benzene rings is 2. The number of halogens is 4. The Morgan fingerprint density at radius 3 is 1.80 bits per heavy atom. The van der Waals surface area contributed by atoms with Gasteiger partial charge >= 0.3 is 11.9 Å². The molecule has 2 aromatic rings. The van der Waals surface area contributed by atoms with E-state index in [4.69, 9.17) is 55.9 Å². The molecule has 1 aliphatic heterocycles. The van der Waals surface area contributed by atoms with Gasteiger partial charge in [-0.15, -0.1) is 0 Å². The minimum absolute atomic E-state index is 0.0387. The van der Waals surface area contributed by atoms with Crippen LogP contribution in [0, 0.1) is 11.8 Å². The molecule has 0 aromatic heterocycles. The number of rotatable bonds is 10. The molecule has 1 N–H and O–H groups in total. The van der Waals surface area contributed by atoms with Gasteiger partial charge in [-0.2, -0.15) is 0 Å². The maximum Gasteiger partial charge on any atom is 0.338 e. The SMILES string of the molecule is CC(C)COC(=O)c1ccc(NC(=O)COC(=O)[C@@H](CC(C)C)N2C(=O)c3c(Cl)c(Cl)c(Cl)c(Cl)c3C2=O)cc1. The summed E-state index contributed by atoms with van der Waals surface area (Å²) in [6, 6.07) is 4.59. The van der Waals surface area contributed by atoms with Crippen LogP contribution in [-0.4, -0.2) is 53.8 Å². The summed E-state index contributed by atoms with van der Waals surface area (Å²) in [4.78, 5) is 64.8. The first-order valence-electron chi connectivity index (χ1n) is 12.2. The Hall–Kier alpha value is -2.85. The maximum absolute atomic E-state index is 13.2. The molecule has 2 aromatic carbocycles. The standard InChI is InChI=1S/C27H26Cl4N2O7/c1-12(2)9-16(33-24(35)18-19(25(33)36)21(29)23(31)22(30)20(18)28)27(38)40-11-17(34)32-15-7-5-14(6-8-15)26(37)39-10-13(3)4/h5-8,12-13,16H,9-11H2,1-4H3,(H,32,34)/t16-/m1/s1. The molecule has 0 bridgehead atoms. The number of nitrogens with zero attached hydrogens (tertiary/aromatic N) is 1. The number of fused-ring (bicyclic) bond motifs is 1. The molecule has 1 heterocycles. The monoisotopic (exact) mass is 630 g/mol. The van der Waals surface area contributed by atoms with E-state index in [1.54, 1.807) is 13.8 Å². The molecule has 3 rings (SSSR count). The van der Waals surface area contributed by atoms with Crippen molar-refractivity contribution in [3.05, 3.63) is 61.0 Å². The largest absolute Gasteiger partial charge is 0.462 e. The Bertz CT molecular complexity index is 1310. The van der Waals surface area contributed by atoms with Crippen LogP contribution in [0.25, 0.3) is 0 Å². The predicted molar refractivity (Wildman–Crippen MR) is 151 cm³/mol. The van der Waals surface area contributed by atoms with Crippen LogP contribution in [0.5, 0.6) is 0 Å². The van der Waals surface area contributed by atoms with Gasteiger partial charge in [0.05, 0.1) is 43.4 Å². The minimum atomic E-state index is -1.37. The van der Waals surface area contributed by atoms with Gasteiger partial charge < -0.3 is 14.8 Å². The van der Waals surface area contributed by atoms with Gasteiger partial charge in [0.1, 0.15) is 6.04 Å². The van der Waals surface area contributed by atoms with Crippen LogP contribution in [-0.2, 0) is 19.1 Å². The average Bonchev–Trinajstić information content (AvgIpc) is 3.16. The molecule has 40 heavy (non-hydrogen) atoms. The quantitative estimate of drug-likeness (QED) is 0.141. The van der Waals surface area contributed by atoms with Crippen molar-refractivity contribution in [1.29, 1.82) is 0 Å². The van der Waals surface area contributed by atoms with Crippen molar-refractivity contribution in [2.75, 3.05) is 18.5 Å². The third kappa shape index (κ3) is 6.89. The highest BCUT2D eigenvalue weighted by atomic mass is 35.5. The Labute approximate surface area is 251 Å². The first-order valence-corrected chi connectivity index (χ1v) is 13.7. The van der Waals surface area contributed by atoms with E-state index in [0.717, 1.165) is 0 Å². The van der Waals surface area contributed by atoms with Gasteiger partial charge in [0, 0.05) is 5.69 Å². The number of nitrogens with one attached hydrogen (secondary N) is 1. The average molecular weight is 632 g/mol. The van der Waals surface area contributed by atoms with E-state index >= 15 is 0 Å². The summed E-state index contributed by atoms with van der Waals surface area (Å²) in [6.45, 7) is 6.97. The van der Waals surface area contributed by atoms with Crippen molar-refractivity contribution in [3.8, 4) is 0 Å². The van der Waals surface area contributed by atoms with Crippen molar-refractivity contribution < 1.29 is 33.4 Å². The lowest BCUT2D eigenvalue weighted by atomic mass is 10.0. The summed E-state index contributed by atoms with van der Waals surface area (Å²) in [5.74, 6) is -3.88.